The van der Waals surface area contributed by atoms with Gasteiger partial charge in [0.05, 0.1) is 30.3 Å². The molecular weight excluding hydrogens is 594 g/mol. The molecule has 0 aliphatic carbocycles. The van der Waals surface area contributed by atoms with E-state index in [0.717, 1.165) is 25.7 Å². The number of nitrogens with zero attached hydrogens (tertiary/aromatic N) is 1. The van der Waals surface area contributed by atoms with Crippen molar-refractivity contribution in [2.45, 2.75) is 110 Å². The summed E-state index contributed by atoms with van der Waals surface area (Å²) in [7, 11) is 0. The van der Waals surface area contributed by atoms with Crippen molar-refractivity contribution in [3.05, 3.63) is 112 Å². The lowest BCUT2D eigenvalue weighted by atomic mass is 9.59. The molecule has 0 atom stereocenters. The topological polar surface area (TPSA) is 55.8 Å². The number of hydrogen-bond acceptors (Lipinski definition) is 5. The zero-order valence-corrected chi connectivity index (χ0v) is 30.4. The van der Waals surface area contributed by atoms with Crippen molar-refractivity contribution in [1.29, 1.82) is 0 Å². The third-order valence-corrected chi connectivity index (χ3v) is 11.1. The van der Waals surface area contributed by atoms with Crippen LogP contribution in [0.4, 0.5) is 17.1 Å². The lowest BCUT2D eigenvalue weighted by Gasteiger charge is -2.55. The minimum atomic E-state index is -0.380. The molecule has 3 heterocycles. The summed E-state index contributed by atoms with van der Waals surface area (Å²) in [6.45, 7) is 29.0. The third-order valence-electron chi connectivity index (χ3n) is 11.1. The van der Waals surface area contributed by atoms with Crippen LogP contribution in [0.15, 0.2) is 61.7 Å². The molecule has 252 valence electrons. The fourth-order valence-electron chi connectivity index (χ4n) is 8.11. The van der Waals surface area contributed by atoms with E-state index in [1.54, 1.807) is 0 Å². The van der Waals surface area contributed by atoms with Gasteiger partial charge in [-0.05, 0) is 81.2 Å². The quantitative estimate of drug-likeness (QED) is 0.125. The normalized spacial score (nSPS) is 16.9. The molecule has 0 aromatic heterocycles. The molecular formula is C43H51NO4. The van der Waals surface area contributed by atoms with Gasteiger partial charge in [0.15, 0.2) is 0 Å². The minimum Gasteiger partial charge on any atom is -0.463 e. The highest BCUT2D eigenvalue weighted by Crippen LogP contribution is 2.66. The number of benzene rings is 3. The molecule has 5 heteroatoms. The maximum Gasteiger partial charge on any atom is 0.330 e. The first-order chi connectivity index (χ1) is 22.4. The molecule has 0 amide bonds. The molecule has 0 saturated carbocycles. The van der Waals surface area contributed by atoms with Gasteiger partial charge >= 0.3 is 11.9 Å². The number of hydrogen-bond donors (Lipinski definition) is 0. The van der Waals surface area contributed by atoms with Crippen LogP contribution in [0.5, 0.6) is 0 Å². The summed E-state index contributed by atoms with van der Waals surface area (Å²) < 4.78 is 10.7. The van der Waals surface area contributed by atoms with Gasteiger partial charge in [-0.3, -0.25) is 0 Å². The summed E-state index contributed by atoms with van der Waals surface area (Å²) in [6, 6.07) is 14.6. The Labute approximate surface area is 287 Å². The lowest BCUT2D eigenvalue weighted by molar-refractivity contribution is -0.138. The van der Waals surface area contributed by atoms with Crippen LogP contribution < -0.4 is 4.90 Å². The van der Waals surface area contributed by atoms with Gasteiger partial charge in [0.2, 0.25) is 0 Å². The number of esters is 2. The largest absolute Gasteiger partial charge is 0.463 e. The van der Waals surface area contributed by atoms with Crippen molar-refractivity contribution < 1.29 is 19.1 Å². The summed E-state index contributed by atoms with van der Waals surface area (Å²) >= 11 is 0. The van der Waals surface area contributed by atoms with Gasteiger partial charge in [0.1, 0.15) is 0 Å². The van der Waals surface area contributed by atoms with E-state index >= 15 is 0 Å². The first-order valence-electron chi connectivity index (χ1n) is 17.4. The van der Waals surface area contributed by atoms with Crippen LogP contribution in [-0.2, 0) is 53.6 Å². The van der Waals surface area contributed by atoms with Crippen molar-refractivity contribution in [1.82, 2.24) is 0 Å². The van der Waals surface area contributed by atoms with Crippen LogP contribution in [0.3, 0.4) is 0 Å². The molecule has 0 radical (unpaired) electrons. The van der Waals surface area contributed by atoms with Gasteiger partial charge in [-0.15, -0.1) is 0 Å². The number of carbonyl (C=O) groups is 2. The van der Waals surface area contributed by atoms with E-state index in [1.165, 1.54) is 79.3 Å². The highest BCUT2D eigenvalue weighted by atomic mass is 16.5. The maximum atomic E-state index is 11.7. The molecule has 48 heavy (non-hydrogen) atoms. The maximum absolute atomic E-state index is 11.7. The van der Waals surface area contributed by atoms with Gasteiger partial charge in [0, 0.05) is 28.4 Å². The molecule has 0 N–H and O–H groups in total. The third kappa shape index (κ3) is 5.21. The second-order valence-corrected chi connectivity index (χ2v) is 16.4. The van der Waals surface area contributed by atoms with Crippen LogP contribution in [0.2, 0.25) is 0 Å². The van der Waals surface area contributed by atoms with E-state index in [4.69, 9.17) is 9.47 Å². The van der Waals surface area contributed by atoms with E-state index in [-0.39, 0.29) is 33.6 Å². The van der Waals surface area contributed by atoms with E-state index in [1.807, 2.05) is 0 Å². The molecule has 3 aromatic rings. The Morgan fingerprint density at radius 2 is 0.938 bits per heavy atom. The van der Waals surface area contributed by atoms with E-state index in [2.05, 4.69) is 117 Å². The van der Waals surface area contributed by atoms with E-state index in [9.17, 15) is 9.59 Å². The summed E-state index contributed by atoms with van der Waals surface area (Å²) in [5.41, 5.74) is 15.2. The molecule has 3 aliphatic rings. The predicted molar refractivity (Wildman–Crippen MR) is 195 cm³/mol. The van der Waals surface area contributed by atoms with Gasteiger partial charge in [0.25, 0.3) is 0 Å². The fourth-order valence-corrected chi connectivity index (χ4v) is 8.11. The molecule has 0 fully saturated rings. The number of ether oxygens (including phenoxy) is 2. The summed E-state index contributed by atoms with van der Waals surface area (Å²) in [5, 5.41) is 0. The molecule has 0 saturated heterocycles. The highest BCUT2D eigenvalue weighted by Gasteiger charge is 2.52. The molecule has 0 bridgehead atoms. The second-order valence-electron chi connectivity index (χ2n) is 16.4. The van der Waals surface area contributed by atoms with E-state index in [0.29, 0.717) is 13.2 Å². The molecule has 0 unspecified atom stereocenters. The molecule has 3 aliphatic heterocycles. The highest BCUT2D eigenvalue weighted by molar-refractivity contribution is 5.98. The molecule has 5 nitrogen and oxygen atoms in total. The first-order valence-corrected chi connectivity index (χ1v) is 17.4. The standard InChI is InChI=1S/C43H51NO4/c1-12-35(45)47-18-14-16-26-20-29-37-31(22-26)42(8,9)33-24-28(40(3,4)5)25-34-39(33)44(37)38-30(41(29,6)7)21-27(23-32(38)43(34,10)11)17-15-19-48-36(46)13-2/h12-13,20-25H,1-2,14-19H2,3-11H3. The summed E-state index contributed by atoms with van der Waals surface area (Å²) in [4.78, 5) is 26.1. The van der Waals surface area contributed by atoms with Gasteiger partial charge in [-0.2, -0.15) is 0 Å². The van der Waals surface area contributed by atoms with Gasteiger partial charge in [-0.1, -0.05) is 112 Å². The van der Waals surface area contributed by atoms with Crippen LogP contribution in [0.1, 0.15) is 125 Å². The lowest BCUT2D eigenvalue weighted by Crippen LogP contribution is -2.44. The minimum absolute atomic E-state index is 0.0199. The van der Waals surface area contributed by atoms with Crippen molar-refractivity contribution in [3.63, 3.8) is 0 Å². The Balaban J connectivity index is 1.58. The Morgan fingerprint density at radius 1 is 0.625 bits per heavy atom. The Bertz CT molecular complexity index is 1740. The SMILES string of the molecule is C=CC(=O)OCCCc1cc2c3c(c1)C(C)(C)c1cc(C(C)(C)C)cc4c1N3c1c(cc(CCCOC(=O)C=C)cc1C4(C)C)C2(C)C. The number of aryl methyl sites for hydroxylation is 2. The van der Waals surface area contributed by atoms with Crippen molar-refractivity contribution in [3.8, 4) is 0 Å². The predicted octanol–water partition coefficient (Wildman–Crippen LogP) is 9.70. The van der Waals surface area contributed by atoms with E-state index < -0.39 is 0 Å². The van der Waals surface area contributed by atoms with Crippen molar-refractivity contribution >= 4 is 29.0 Å². The second kappa shape index (κ2) is 11.5. The average molecular weight is 646 g/mol. The smallest absolute Gasteiger partial charge is 0.330 e. The Kier molecular flexibility index (Phi) is 8.09. The summed E-state index contributed by atoms with van der Waals surface area (Å²) in [5.74, 6) is -0.759. The number of carbonyl (C=O) groups excluding carboxylic acids is 2. The Morgan fingerprint density at radius 3 is 1.23 bits per heavy atom. The first kappa shape index (κ1) is 33.8. The Hall–Kier alpha value is -4.12. The fraction of sp³-hybridized carbons (Fsp3) is 0.442. The molecule has 3 aromatic carbocycles. The van der Waals surface area contributed by atoms with Crippen LogP contribution in [0, 0.1) is 0 Å². The molecule has 6 rings (SSSR count). The number of anilines is 3. The molecule has 0 spiro atoms. The van der Waals surface area contributed by atoms with Gasteiger partial charge < -0.3 is 14.4 Å². The average Bonchev–Trinajstić information content (AvgIpc) is 3.03. The summed E-state index contributed by atoms with van der Waals surface area (Å²) in [6.07, 6.45) is 5.55. The number of rotatable bonds is 10. The monoisotopic (exact) mass is 645 g/mol. The van der Waals surface area contributed by atoms with Crippen LogP contribution >= 0.6 is 0 Å². The van der Waals surface area contributed by atoms with Crippen LogP contribution in [-0.4, -0.2) is 25.2 Å². The van der Waals surface area contributed by atoms with Crippen LogP contribution in [0.25, 0.3) is 0 Å². The zero-order valence-electron chi connectivity index (χ0n) is 30.4. The van der Waals surface area contributed by atoms with Crippen molar-refractivity contribution in [2.24, 2.45) is 0 Å². The van der Waals surface area contributed by atoms with Gasteiger partial charge in [-0.25, -0.2) is 9.59 Å². The van der Waals surface area contributed by atoms with Crippen molar-refractivity contribution in [2.75, 3.05) is 18.1 Å². The zero-order chi connectivity index (χ0) is 35.0.